The number of benzodiazepines with no additional fused rings is 1. The molecule has 7 nitrogen and oxygen atoms in total. The Morgan fingerprint density at radius 3 is 2.66 bits per heavy atom. The van der Waals surface area contributed by atoms with E-state index < -0.39 is 18.2 Å². The Balaban J connectivity index is 1.63. The van der Waals surface area contributed by atoms with Crippen LogP contribution in [0.5, 0.6) is 0 Å². The summed E-state index contributed by atoms with van der Waals surface area (Å²) in [7, 11) is 0. The number of benzene rings is 2. The van der Waals surface area contributed by atoms with Crippen molar-refractivity contribution in [2.45, 2.75) is 25.4 Å². The van der Waals surface area contributed by atoms with Crippen LogP contribution in [0.4, 0.5) is 10.5 Å². The predicted molar refractivity (Wildman–Crippen MR) is 111 cm³/mol. The van der Waals surface area contributed by atoms with Gasteiger partial charge < -0.3 is 10.2 Å². The number of carbonyl (C=O) groups excluding carboxylic acids is 2. The van der Waals surface area contributed by atoms with Crippen molar-refractivity contribution in [3.8, 4) is 0 Å². The zero-order chi connectivity index (χ0) is 20.2. The molecule has 1 fully saturated rings. The number of rotatable bonds is 3. The van der Waals surface area contributed by atoms with Gasteiger partial charge in [0.2, 0.25) is 6.17 Å². The minimum absolute atomic E-state index is 0.449. The summed E-state index contributed by atoms with van der Waals surface area (Å²) < 4.78 is 0. The van der Waals surface area contributed by atoms with E-state index >= 15 is 0 Å². The molecule has 4 rings (SSSR count). The van der Waals surface area contributed by atoms with Crippen LogP contribution >= 0.6 is 11.6 Å². The summed E-state index contributed by atoms with van der Waals surface area (Å²) in [5.41, 5.74) is 2.63. The summed E-state index contributed by atoms with van der Waals surface area (Å²) in [6.45, 7) is 1.37. The number of amides is 2. The van der Waals surface area contributed by atoms with Crippen LogP contribution in [-0.2, 0) is 9.63 Å². The van der Waals surface area contributed by atoms with Crippen molar-refractivity contribution < 1.29 is 14.4 Å². The largest absolute Gasteiger partial charge is 0.428 e. The van der Waals surface area contributed by atoms with Crippen molar-refractivity contribution in [2.75, 3.05) is 18.4 Å². The lowest BCUT2D eigenvalue weighted by Gasteiger charge is -2.25. The van der Waals surface area contributed by atoms with Crippen LogP contribution in [0.2, 0.25) is 5.02 Å². The SMILES string of the molecule is O=C(NC1N=C(c2ccccc2)c2cc(Cl)ccc2NC1=O)ON1CCCCC1. The fraction of sp³-hybridized carbons (Fsp3) is 0.286. The number of halogens is 1. The number of aliphatic imine (C=N–C) groups is 1. The molecule has 2 heterocycles. The molecular formula is C21H21ClN4O3. The Bertz CT molecular complexity index is 942. The number of nitrogens with zero attached hydrogens (tertiary/aromatic N) is 2. The van der Waals surface area contributed by atoms with Gasteiger partial charge in [-0.2, -0.15) is 0 Å². The Morgan fingerprint density at radius 2 is 1.90 bits per heavy atom. The summed E-state index contributed by atoms with van der Waals surface area (Å²) >= 11 is 6.19. The van der Waals surface area contributed by atoms with E-state index in [1.165, 1.54) is 0 Å². The summed E-state index contributed by atoms with van der Waals surface area (Å²) in [5, 5.41) is 7.52. The Labute approximate surface area is 173 Å². The summed E-state index contributed by atoms with van der Waals surface area (Å²) in [4.78, 5) is 35.0. The smallest absolute Gasteiger partial charge is 0.351 e. The van der Waals surface area contributed by atoms with Crippen molar-refractivity contribution >= 4 is 35.0 Å². The maximum atomic E-state index is 12.7. The van der Waals surface area contributed by atoms with Crippen molar-refractivity contribution in [3.05, 3.63) is 64.7 Å². The molecule has 2 N–H and O–H groups in total. The van der Waals surface area contributed by atoms with E-state index in [-0.39, 0.29) is 0 Å². The zero-order valence-electron chi connectivity index (χ0n) is 15.7. The Kier molecular flexibility index (Phi) is 5.78. The molecule has 1 saturated heterocycles. The lowest BCUT2D eigenvalue weighted by Crippen LogP contribution is -2.45. The molecule has 150 valence electrons. The average Bonchev–Trinajstić information content (AvgIpc) is 2.86. The van der Waals surface area contributed by atoms with Crippen LogP contribution < -0.4 is 10.6 Å². The van der Waals surface area contributed by atoms with E-state index in [9.17, 15) is 9.59 Å². The van der Waals surface area contributed by atoms with E-state index in [0.717, 1.165) is 24.8 Å². The lowest BCUT2D eigenvalue weighted by molar-refractivity contribution is -0.121. The second-order valence-corrected chi connectivity index (χ2v) is 7.37. The quantitative estimate of drug-likeness (QED) is 0.807. The molecule has 0 aromatic heterocycles. The van der Waals surface area contributed by atoms with Gasteiger partial charge in [0.15, 0.2) is 0 Å². The van der Waals surface area contributed by atoms with Crippen LogP contribution in [-0.4, -0.2) is 42.0 Å². The number of hydrogen-bond donors (Lipinski definition) is 2. The molecule has 2 aliphatic rings. The van der Waals surface area contributed by atoms with Gasteiger partial charge in [0.1, 0.15) is 0 Å². The number of carbonyl (C=O) groups is 2. The fourth-order valence-electron chi connectivity index (χ4n) is 3.42. The van der Waals surface area contributed by atoms with Gasteiger partial charge in [-0.05, 0) is 31.0 Å². The van der Waals surface area contributed by atoms with E-state index in [1.54, 1.807) is 23.3 Å². The first-order valence-electron chi connectivity index (χ1n) is 9.57. The first-order chi connectivity index (χ1) is 14.1. The third-order valence-corrected chi connectivity index (χ3v) is 5.07. The number of nitrogens with one attached hydrogen (secondary N) is 2. The van der Waals surface area contributed by atoms with Crippen LogP contribution in [0, 0.1) is 0 Å². The maximum Gasteiger partial charge on any atom is 0.428 e. The highest BCUT2D eigenvalue weighted by atomic mass is 35.5. The fourth-order valence-corrected chi connectivity index (χ4v) is 3.59. The predicted octanol–water partition coefficient (Wildman–Crippen LogP) is 3.58. The van der Waals surface area contributed by atoms with Gasteiger partial charge in [0.05, 0.1) is 11.4 Å². The first kappa shape index (κ1) is 19.4. The van der Waals surface area contributed by atoms with E-state index in [0.29, 0.717) is 35.1 Å². The molecule has 8 heteroatoms. The third kappa shape index (κ3) is 4.58. The highest BCUT2D eigenvalue weighted by Gasteiger charge is 2.28. The van der Waals surface area contributed by atoms with Gasteiger partial charge in [-0.25, -0.2) is 9.79 Å². The Morgan fingerprint density at radius 1 is 1.14 bits per heavy atom. The van der Waals surface area contributed by atoms with Crippen molar-refractivity contribution in [1.29, 1.82) is 0 Å². The van der Waals surface area contributed by atoms with Crippen LogP contribution in [0.25, 0.3) is 0 Å². The summed E-state index contributed by atoms with van der Waals surface area (Å²) in [6.07, 6.45) is 1.24. The topological polar surface area (TPSA) is 83.0 Å². The van der Waals surface area contributed by atoms with Gasteiger partial charge in [-0.15, -0.1) is 5.06 Å². The van der Waals surface area contributed by atoms with Crippen molar-refractivity contribution in [3.63, 3.8) is 0 Å². The molecule has 29 heavy (non-hydrogen) atoms. The molecule has 0 radical (unpaired) electrons. The van der Waals surface area contributed by atoms with Gasteiger partial charge in [0.25, 0.3) is 5.91 Å². The molecule has 1 atom stereocenters. The number of hydroxylamine groups is 2. The van der Waals surface area contributed by atoms with Crippen LogP contribution in [0.15, 0.2) is 53.5 Å². The van der Waals surface area contributed by atoms with E-state index in [1.807, 2.05) is 30.3 Å². The third-order valence-electron chi connectivity index (χ3n) is 4.83. The van der Waals surface area contributed by atoms with Gasteiger partial charge in [-0.1, -0.05) is 48.4 Å². The number of anilines is 1. The summed E-state index contributed by atoms with van der Waals surface area (Å²) in [5.74, 6) is -0.449. The minimum Gasteiger partial charge on any atom is -0.351 e. The van der Waals surface area contributed by atoms with Crippen LogP contribution in [0.1, 0.15) is 30.4 Å². The molecule has 2 aromatic rings. The van der Waals surface area contributed by atoms with Crippen molar-refractivity contribution in [2.24, 2.45) is 4.99 Å². The van der Waals surface area contributed by atoms with Gasteiger partial charge in [-0.3, -0.25) is 10.1 Å². The Hall–Kier alpha value is -2.90. The first-order valence-corrected chi connectivity index (χ1v) is 9.95. The van der Waals surface area contributed by atoms with E-state index in [2.05, 4.69) is 15.6 Å². The van der Waals surface area contributed by atoms with Gasteiger partial charge in [0, 0.05) is 29.2 Å². The number of fused-ring (bicyclic) bond motifs is 1. The standard InChI is InChI=1S/C21H21ClN4O3/c22-15-9-10-17-16(13-15)18(14-7-3-1-4-8-14)24-19(20(27)23-17)25-21(28)29-26-11-5-2-6-12-26/h1,3-4,7-10,13,19H,2,5-6,11-12H2,(H,23,27)(H,25,28). The monoisotopic (exact) mass is 412 g/mol. The normalized spacial score (nSPS) is 19.4. The zero-order valence-corrected chi connectivity index (χ0v) is 16.5. The molecule has 2 amide bonds. The molecule has 2 aromatic carbocycles. The molecule has 0 saturated carbocycles. The molecule has 0 spiro atoms. The second-order valence-electron chi connectivity index (χ2n) is 6.94. The molecule has 0 aliphatic carbocycles. The summed E-state index contributed by atoms with van der Waals surface area (Å²) in [6, 6.07) is 14.6. The molecular weight excluding hydrogens is 392 g/mol. The average molecular weight is 413 g/mol. The molecule has 0 bridgehead atoms. The highest BCUT2D eigenvalue weighted by Crippen LogP contribution is 2.27. The minimum atomic E-state index is -1.13. The van der Waals surface area contributed by atoms with Gasteiger partial charge >= 0.3 is 6.09 Å². The molecule has 1 unspecified atom stereocenters. The molecule has 2 aliphatic heterocycles. The number of hydrogen-bond acceptors (Lipinski definition) is 5. The van der Waals surface area contributed by atoms with Crippen LogP contribution in [0.3, 0.4) is 0 Å². The maximum absolute atomic E-state index is 12.7. The lowest BCUT2D eigenvalue weighted by atomic mass is 10.0. The highest BCUT2D eigenvalue weighted by molar-refractivity contribution is 6.32. The number of piperidine rings is 1. The van der Waals surface area contributed by atoms with Crippen molar-refractivity contribution in [1.82, 2.24) is 10.4 Å². The van der Waals surface area contributed by atoms with E-state index in [4.69, 9.17) is 16.4 Å². The second kappa shape index (κ2) is 8.63.